The summed E-state index contributed by atoms with van der Waals surface area (Å²) in [6.45, 7) is 1.96. The summed E-state index contributed by atoms with van der Waals surface area (Å²) in [4.78, 5) is 11.8. The lowest BCUT2D eigenvalue weighted by atomic mass is 10.1. The number of hydrogen-bond donors (Lipinski definition) is 2. The molecule has 4 heteroatoms. The van der Waals surface area contributed by atoms with Gasteiger partial charge < -0.3 is 11.1 Å². The number of amides is 1. The average Bonchev–Trinajstić information content (AvgIpc) is 3.04. The maximum atomic E-state index is 11.8. The largest absolute Gasteiger partial charge is 0.399 e. The van der Waals surface area contributed by atoms with Crippen LogP contribution in [0.25, 0.3) is 0 Å². The standard InChI is InChI=1S/C12H15ClN2O/c1-7(8-2-3-8)12(16)15-11-5-4-9(14)6-10(11)13/h4-8H,2-3,14H2,1H3,(H,15,16). The summed E-state index contributed by atoms with van der Waals surface area (Å²) in [6.07, 6.45) is 2.31. The van der Waals surface area contributed by atoms with E-state index in [-0.39, 0.29) is 11.8 Å². The summed E-state index contributed by atoms with van der Waals surface area (Å²) in [7, 11) is 0. The number of hydrogen-bond acceptors (Lipinski definition) is 2. The first-order valence-corrected chi connectivity index (χ1v) is 5.81. The Bertz CT molecular complexity index is 415. The molecule has 1 atom stereocenters. The van der Waals surface area contributed by atoms with E-state index in [4.69, 9.17) is 17.3 Å². The maximum absolute atomic E-state index is 11.8. The van der Waals surface area contributed by atoms with E-state index in [2.05, 4.69) is 5.32 Å². The van der Waals surface area contributed by atoms with Gasteiger partial charge in [-0.2, -0.15) is 0 Å². The van der Waals surface area contributed by atoms with Crippen molar-refractivity contribution in [3.8, 4) is 0 Å². The number of rotatable bonds is 3. The third-order valence-corrected chi connectivity index (χ3v) is 3.31. The molecule has 2 rings (SSSR count). The molecule has 0 spiro atoms. The van der Waals surface area contributed by atoms with Gasteiger partial charge in [0.2, 0.25) is 5.91 Å². The van der Waals surface area contributed by atoms with E-state index < -0.39 is 0 Å². The van der Waals surface area contributed by atoms with Gasteiger partial charge in [-0.05, 0) is 37.0 Å². The fraction of sp³-hybridized carbons (Fsp3) is 0.417. The third-order valence-electron chi connectivity index (χ3n) is 2.99. The number of carbonyl (C=O) groups is 1. The fourth-order valence-corrected chi connectivity index (χ4v) is 1.93. The van der Waals surface area contributed by atoms with E-state index in [0.29, 0.717) is 22.3 Å². The van der Waals surface area contributed by atoms with Gasteiger partial charge in [0, 0.05) is 11.6 Å². The molecule has 1 aromatic rings. The van der Waals surface area contributed by atoms with Crippen LogP contribution >= 0.6 is 11.6 Å². The lowest BCUT2D eigenvalue weighted by Gasteiger charge is -2.12. The first-order chi connectivity index (χ1) is 7.58. The molecule has 0 heterocycles. The van der Waals surface area contributed by atoms with E-state index in [0.717, 1.165) is 12.8 Å². The number of nitrogens with two attached hydrogens (primary N) is 1. The van der Waals surface area contributed by atoms with Crippen LogP contribution in [0.3, 0.4) is 0 Å². The third kappa shape index (κ3) is 2.47. The molecule has 3 N–H and O–H groups in total. The van der Waals surface area contributed by atoms with Gasteiger partial charge in [-0.25, -0.2) is 0 Å². The minimum Gasteiger partial charge on any atom is -0.399 e. The lowest BCUT2D eigenvalue weighted by molar-refractivity contribution is -0.119. The van der Waals surface area contributed by atoms with Crippen molar-refractivity contribution >= 4 is 28.9 Å². The number of carbonyl (C=O) groups excluding carboxylic acids is 1. The van der Waals surface area contributed by atoms with Crippen molar-refractivity contribution < 1.29 is 4.79 Å². The first kappa shape index (κ1) is 11.3. The van der Waals surface area contributed by atoms with Crippen molar-refractivity contribution in [1.82, 2.24) is 0 Å². The van der Waals surface area contributed by atoms with Crippen molar-refractivity contribution in [3.05, 3.63) is 23.2 Å². The topological polar surface area (TPSA) is 55.1 Å². The Kier molecular flexibility index (Phi) is 3.06. The van der Waals surface area contributed by atoms with Crippen LogP contribution in [0.5, 0.6) is 0 Å². The van der Waals surface area contributed by atoms with Crippen molar-refractivity contribution in [3.63, 3.8) is 0 Å². The van der Waals surface area contributed by atoms with Gasteiger partial charge in [0.05, 0.1) is 10.7 Å². The molecule has 1 aliphatic rings. The highest BCUT2D eigenvalue weighted by atomic mass is 35.5. The Morgan fingerprint density at radius 2 is 2.25 bits per heavy atom. The van der Waals surface area contributed by atoms with Crippen LogP contribution in [0.2, 0.25) is 5.02 Å². The predicted molar refractivity (Wildman–Crippen MR) is 66.4 cm³/mol. The Balaban J connectivity index is 2.05. The molecule has 1 aromatic carbocycles. The molecular weight excluding hydrogens is 224 g/mol. The van der Waals surface area contributed by atoms with Gasteiger partial charge in [0.15, 0.2) is 0 Å². The number of benzene rings is 1. The Hall–Kier alpha value is -1.22. The number of anilines is 2. The molecule has 0 aliphatic heterocycles. The molecule has 0 saturated heterocycles. The number of halogens is 1. The minimum atomic E-state index is 0.0363. The molecule has 0 bridgehead atoms. The monoisotopic (exact) mass is 238 g/mol. The minimum absolute atomic E-state index is 0.0363. The van der Waals surface area contributed by atoms with Gasteiger partial charge in [0.25, 0.3) is 0 Å². The van der Waals surface area contributed by atoms with Crippen LogP contribution in [-0.4, -0.2) is 5.91 Å². The lowest BCUT2D eigenvalue weighted by Crippen LogP contribution is -2.21. The number of nitrogen functional groups attached to an aromatic ring is 1. The molecule has 0 radical (unpaired) electrons. The molecule has 3 nitrogen and oxygen atoms in total. The summed E-state index contributed by atoms with van der Waals surface area (Å²) in [5.41, 5.74) is 6.81. The van der Waals surface area contributed by atoms with Gasteiger partial charge in [-0.15, -0.1) is 0 Å². The fourth-order valence-electron chi connectivity index (χ4n) is 1.69. The summed E-state index contributed by atoms with van der Waals surface area (Å²) in [6, 6.07) is 5.09. The molecule has 86 valence electrons. The van der Waals surface area contributed by atoms with E-state index >= 15 is 0 Å². The summed E-state index contributed by atoms with van der Waals surface area (Å²) in [5, 5.41) is 3.31. The van der Waals surface area contributed by atoms with Gasteiger partial charge in [-0.1, -0.05) is 18.5 Å². The van der Waals surface area contributed by atoms with Gasteiger partial charge in [0.1, 0.15) is 0 Å². The Morgan fingerprint density at radius 1 is 1.56 bits per heavy atom. The number of nitrogens with one attached hydrogen (secondary N) is 1. The zero-order valence-electron chi connectivity index (χ0n) is 9.16. The van der Waals surface area contributed by atoms with Crippen LogP contribution in [0, 0.1) is 11.8 Å². The average molecular weight is 239 g/mol. The molecule has 1 amide bonds. The SMILES string of the molecule is CC(C(=O)Nc1ccc(N)cc1Cl)C1CC1. The van der Waals surface area contributed by atoms with Crippen LogP contribution in [-0.2, 0) is 4.79 Å². The van der Waals surface area contributed by atoms with E-state index in [1.54, 1.807) is 18.2 Å². The smallest absolute Gasteiger partial charge is 0.227 e. The second-order valence-corrected chi connectivity index (χ2v) is 4.76. The zero-order valence-corrected chi connectivity index (χ0v) is 9.92. The van der Waals surface area contributed by atoms with E-state index in [1.807, 2.05) is 6.92 Å². The van der Waals surface area contributed by atoms with Crippen LogP contribution in [0.1, 0.15) is 19.8 Å². The second kappa shape index (κ2) is 4.34. The van der Waals surface area contributed by atoms with Crippen molar-refractivity contribution in [1.29, 1.82) is 0 Å². The summed E-state index contributed by atoms with van der Waals surface area (Å²) >= 11 is 5.98. The zero-order chi connectivity index (χ0) is 11.7. The van der Waals surface area contributed by atoms with Crippen molar-refractivity contribution in [2.75, 3.05) is 11.1 Å². The molecule has 1 unspecified atom stereocenters. The van der Waals surface area contributed by atoms with Crippen LogP contribution in [0.15, 0.2) is 18.2 Å². The van der Waals surface area contributed by atoms with Gasteiger partial charge in [-0.3, -0.25) is 4.79 Å². The Labute approximate surface area is 100.0 Å². The predicted octanol–water partition coefficient (Wildman–Crippen LogP) is 2.91. The molecule has 0 aromatic heterocycles. The highest BCUT2D eigenvalue weighted by Gasteiger charge is 2.32. The van der Waals surface area contributed by atoms with E-state index in [1.165, 1.54) is 0 Å². The Morgan fingerprint density at radius 3 is 2.81 bits per heavy atom. The molecule has 1 aliphatic carbocycles. The molecule has 16 heavy (non-hydrogen) atoms. The highest BCUT2D eigenvalue weighted by Crippen LogP contribution is 2.37. The maximum Gasteiger partial charge on any atom is 0.227 e. The van der Waals surface area contributed by atoms with Crippen molar-refractivity contribution in [2.24, 2.45) is 11.8 Å². The van der Waals surface area contributed by atoms with Crippen LogP contribution in [0.4, 0.5) is 11.4 Å². The van der Waals surface area contributed by atoms with Gasteiger partial charge >= 0.3 is 0 Å². The normalized spacial score (nSPS) is 16.9. The quantitative estimate of drug-likeness (QED) is 0.796. The first-order valence-electron chi connectivity index (χ1n) is 5.44. The molecular formula is C12H15ClN2O. The molecule has 1 fully saturated rings. The molecule has 1 saturated carbocycles. The second-order valence-electron chi connectivity index (χ2n) is 4.35. The van der Waals surface area contributed by atoms with E-state index in [9.17, 15) is 4.79 Å². The van der Waals surface area contributed by atoms with Crippen molar-refractivity contribution in [2.45, 2.75) is 19.8 Å². The summed E-state index contributed by atoms with van der Waals surface area (Å²) in [5.74, 6) is 0.648. The van der Waals surface area contributed by atoms with Crippen LogP contribution < -0.4 is 11.1 Å². The highest BCUT2D eigenvalue weighted by molar-refractivity contribution is 6.34. The summed E-state index contributed by atoms with van der Waals surface area (Å²) < 4.78 is 0.